The Hall–Kier alpha value is -1.71. The number of rotatable bonds is 2. The molecule has 2 radical (unpaired) electrons. The van der Waals surface area contributed by atoms with Crippen LogP contribution in [0.15, 0.2) is 24.3 Å². The molecular weight excluding hydrogens is 170 g/mol. The summed E-state index contributed by atoms with van der Waals surface area (Å²) in [4.78, 5) is 10.8. The number of nitrogens with one attached hydrogen (secondary N) is 1. The average Bonchev–Trinajstić information content (AvgIpc) is 2.09. The maximum absolute atomic E-state index is 10.8. The largest absolute Gasteiger partial charge is 0.449 e. The Bertz CT molecular complexity index is 281. The molecule has 0 heterocycles. The Morgan fingerprint density at radius 1 is 1.38 bits per heavy atom. The molecule has 1 N–H and O–H groups in total. The van der Waals surface area contributed by atoms with Crippen LogP contribution >= 0.6 is 0 Å². The molecule has 0 saturated heterocycles. The lowest BCUT2D eigenvalue weighted by Crippen LogP contribution is -2.12. The van der Waals surface area contributed by atoms with Gasteiger partial charge in [0.1, 0.15) is 0 Å². The zero-order valence-corrected chi connectivity index (χ0v) is 6.95. The summed E-state index contributed by atoms with van der Waals surface area (Å²) in [5, 5.41) is 13.1. The molecule has 1 aromatic rings. The van der Waals surface area contributed by atoms with Gasteiger partial charge in [-0.2, -0.15) is 0 Å². The molecule has 0 spiro atoms. The molecule has 0 aliphatic carbocycles. The molecule has 13 heavy (non-hydrogen) atoms. The van der Waals surface area contributed by atoms with E-state index in [0.29, 0.717) is 5.69 Å². The zero-order chi connectivity index (χ0) is 9.68. The maximum Gasteiger partial charge on any atom is 0.411 e. The molecule has 1 rings (SSSR count). The van der Waals surface area contributed by atoms with Crippen molar-refractivity contribution in [1.82, 2.24) is 0 Å². The SMILES string of the molecule is [CH2]COC(=O)Nc1ccc([O])cc1. The Labute approximate surface area is 76.1 Å². The van der Waals surface area contributed by atoms with Crippen molar-refractivity contribution in [3.05, 3.63) is 31.2 Å². The molecule has 68 valence electrons. The van der Waals surface area contributed by atoms with Gasteiger partial charge in [0.2, 0.25) is 0 Å². The number of benzene rings is 1. The molecule has 4 nitrogen and oxygen atoms in total. The topological polar surface area (TPSA) is 58.2 Å². The molecule has 4 heteroatoms. The minimum Gasteiger partial charge on any atom is -0.449 e. The van der Waals surface area contributed by atoms with E-state index < -0.39 is 6.09 Å². The lowest BCUT2D eigenvalue weighted by molar-refractivity contribution is 0.173. The second kappa shape index (κ2) is 4.35. The molecule has 0 atom stereocenters. The molecular formula is C9H9NO3. The van der Waals surface area contributed by atoms with Crippen molar-refractivity contribution >= 4 is 11.8 Å². The molecule has 0 unspecified atom stereocenters. The van der Waals surface area contributed by atoms with Crippen LogP contribution in [0, 0.1) is 6.92 Å². The number of carbonyl (C=O) groups is 1. The summed E-state index contributed by atoms with van der Waals surface area (Å²) in [6.07, 6.45) is -0.575. The van der Waals surface area contributed by atoms with Crippen LogP contribution in [0.4, 0.5) is 10.5 Å². The molecule has 0 aliphatic heterocycles. The smallest absolute Gasteiger partial charge is 0.411 e. The molecule has 1 amide bonds. The molecule has 0 bridgehead atoms. The summed E-state index contributed by atoms with van der Waals surface area (Å²) < 4.78 is 4.54. The highest BCUT2D eigenvalue weighted by Gasteiger charge is 2.00. The Balaban J connectivity index is 2.54. The fourth-order valence-electron chi connectivity index (χ4n) is 0.785. The van der Waals surface area contributed by atoms with Crippen LogP contribution in [0.1, 0.15) is 0 Å². The summed E-state index contributed by atoms with van der Waals surface area (Å²) in [6.45, 7) is 3.42. The lowest BCUT2D eigenvalue weighted by atomic mass is 10.3. The number of hydrogen-bond donors (Lipinski definition) is 1. The van der Waals surface area contributed by atoms with Crippen molar-refractivity contribution in [3.63, 3.8) is 0 Å². The van der Waals surface area contributed by atoms with E-state index in [1.807, 2.05) is 0 Å². The number of amides is 1. The molecule has 1 aromatic carbocycles. The van der Waals surface area contributed by atoms with Crippen LogP contribution < -0.4 is 5.32 Å². The highest BCUT2D eigenvalue weighted by Crippen LogP contribution is 2.14. The molecule has 0 aromatic heterocycles. The van der Waals surface area contributed by atoms with Crippen LogP contribution in [0.5, 0.6) is 5.75 Å². The number of carbonyl (C=O) groups excluding carboxylic acids is 1. The molecule has 0 saturated carbocycles. The van der Waals surface area contributed by atoms with Gasteiger partial charge >= 0.3 is 6.09 Å². The van der Waals surface area contributed by atoms with Gasteiger partial charge in [0.15, 0.2) is 5.75 Å². The van der Waals surface area contributed by atoms with Crippen molar-refractivity contribution in [1.29, 1.82) is 0 Å². The Kier molecular flexibility index (Phi) is 3.14. The number of hydrogen-bond acceptors (Lipinski definition) is 2. The van der Waals surface area contributed by atoms with Crippen molar-refractivity contribution in [2.45, 2.75) is 0 Å². The quantitative estimate of drug-likeness (QED) is 0.756. The Morgan fingerprint density at radius 2 is 2.00 bits per heavy atom. The predicted octanol–water partition coefficient (Wildman–Crippen LogP) is 2.21. The summed E-state index contributed by atoms with van der Waals surface area (Å²) in [5.41, 5.74) is 0.526. The van der Waals surface area contributed by atoms with E-state index in [1.165, 1.54) is 24.3 Å². The minimum absolute atomic E-state index is 0.0749. The highest BCUT2D eigenvalue weighted by molar-refractivity contribution is 5.84. The van der Waals surface area contributed by atoms with Crippen molar-refractivity contribution in [2.75, 3.05) is 11.9 Å². The first-order chi connectivity index (χ1) is 6.22. The average molecular weight is 179 g/mol. The first kappa shape index (κ1) is 9.38. The molecule has 0 aliphatic rings. The van der Waals surface area contributed by atoms with E-state index in [9.17, 15) is 9.90 Å². The highest BCUT2D eigenvalue weighted by atomic mass is 16.5. The third-order valence-electron chi connectivity index (χ3n) is 1.33. The van der Waals surface area contributed by atoms with E-state index in [-0.39, 0.29) is 12.4 Å². The third kappa shape index (κ3) is 3.02. The second-order valence-electron chi connectivity index (χ2n) is 2.29. The van der Waals surface area contributed by atoms with Crippen LogP contribution in [0.3, 0.4) is 0 Å². The number of anilines is 1. The van der Waals surface area contributed by atoms with Crippen LogP contribution in [0.2, 0.25) is 0 Å². The van der Waals surface area contributed by atoms with Crippen molar-refractivity contribution in [2.24, 2.45) is 0 Å². The molecule has 0 fully saturated rings. The van der Waals surface area contributed by atoms with Gasteiger partial charge < -0.3 is 4.74 Å². The van der Waals surface area contributed by atoms with Gasteiger partial charge in [0.25, 0.3) is 0 Å². The monoisotopic (exact) mass is 179 g/mol. The minimum atomic E-state index is -0.575. The van der Waals surface area contributed by atoms with E-state index in [0.717, 1.165) is 0 Å². The van der Waals surface area contributed by atoms with Crippen molar-refractivity contribution in [3.8, 4) is 5.75 Å². The zero-order valence-electron chi connectivity index (χ0n) is 6.95. The summed E-state index contributed by atoms with van der Waals surface area (Å²) in [7, 11) is 0. The van der Waals surface area contributed by atoms with Gasteiger partial charge in [-0.15, -0.1) is 0 Å². The van der Waals surface area contributed by atoms with E-state index >= 15 is 0 Å². The van der Waals surface area contributed by atoms with Gasteiger partial charge in [0.05, 0.1) is 6.61 Å². The first-order valence-electron chi connectivity index (χ1n) is 3.72. The predicted molar refractivity (Wildman–Crippen MR) is 46.9 cm³/mol. The fourth-order valence-corrected chi connectivity index (χ4v) is 0.785. The van der Waals surface area contributed by atoms with Crippen LogP contribution in [-0.4, -0.2) is 12.7 Å². The lowest BCUT2D eigenvalue weighted by Gasteiger charge is -2.03. The summed E-state index contributed by atoms with van der Waals surface area (Å²) in [5.74, 6) is -0.101. The third-order valence-corrected chi connectivity index (χ3v) is 1.33. The van der Waals surface area contributed by atoms with Gasteiger partial charge in [-0.05, 0) is 31.2 Å². The maximum atomic E-state index is 10.8. The summed E-state index contributed by atoms with van der Waals surface area (Å²) >= 11 is 0. The summed E-state index contributed by atoms with van der Waals surface area (Å²) in [6, 6.07) is 5.74. The second-order valence-corrected chi connectivity index (χ2v) is 2.29. The first-order valence-corrected chi connectivity index (χ1v) is 3.72. The van der Waals surface area contributed by atoms with Gasteiger partial charge in [-0.1, -0.05) is 0 Å². The van der Waals surface area contributed by atoms with Crippen LogP contribution in [0.25, 0.3) is 0 Å². The standard InChI is InChI=1S/C9H9NO3/c1-2-13-9(12)10-7-3-5-8(11)6-4-7/h3-6H,1-2H2,(H,10,12). The van der Waals surface area contributed by atoms with Crippen LogP contribution in [-0.2, 0) is 9.84 Å². The van der Waals surface area contributed by atoms with Gasteiger partial charge in [-0.25, -0.2) is 4.79 Å². The Morgan fingerprint density at radius 3 is 2.54 bits per heavy atom. The van der Waals surface area contributed by atoms with Gasteiger partial charge in [-0.3, -0.25) is 10.4 Å². The normalized spacial score (nSPS) is 9.31. The van der Waals surface area contributed by atoms with Crippen molar-refractivity contribution < 1.29 is 14.6 Å². The fraction of sp³-hybridized carbons (Fsp3) is 0.111. The van der Waals surface area contributed by atoms with Gasteiger partial charge in [0, 0.05) is 5.69 Å². The van der Waals surface area contributed by atoms with E-state index in [2.05, 4.69) is 17.0 Å². The van der Waals surface area contributed by atoms with E-state index in [4.69, 9.17) is 0 Å². The van der Waals surface area contributed by atoms with E-state index in [1.54, 1.807) is 0 Å². The number of ether oxygens (including phenoxy) is 1.